The van der Waals surface area contributed by atoms with Gasteiger partial charge in [-0.15, -0.1) is 0 Å². The molecule has 0 aromatic heterocycles. The maximum absolute atomic E-state index is 12.6. The molecule has 0 unspecified atom stereocenters. The van der Waals surface area contributed by atoms with Gasteiger partial charge in [-0.1, -0.05) is 18.2 Å². The third kappa shape index (κ3) is 7.54. The summed E-state index contributed by atoms with van der Waals surface area (Å²) in [6.45, 7) is 7.94. The van der Waals surface area contributed by atoms with Crippen molar-refractivity contribution in [3.05, 3.63) is 64.7 Å². The minimum Gasteiger partial charge on any atom is -0.508 e. The molecule has 7 nitrogen and oxygen atoms in total. The van der Waals surface area contributed by atoms with Gasteiger partial charge in [0.05, 0.1) is 12.7 Å². The molecule has 1 atom stereocenters. The van der Waals surface area contributed by atoms with E-state index in [1.165, 1.54) is 18.9 Å². The van der Waals surface area contributed by atoms with Crippen LogP contribution in [0.25, 0.3) is 0 Å². The van der Waals surface area contributed by atoms with Crippen molar-refractivity contribution >= 4 is 5.91 Å². The molecular weight excluding hydrogens is 418 g/mol. The topological polar surface area (TPSA) is 105 Å². The van der Waals surface area contributed by atoms with Gasteiger partial charge in [0.1, 0.15) is 5.75 Å². The molecule has 0 bridgehead atoms. The summed E-state index contributed by atoms with van der Waals surface area (Å²) in [7, 11) is 0. The van der Waals surface area contributed by atoms with Crippen LogP contribution >= 0.6 is 0 Å². The first-order chi connectivity index (χ1) is 15.8. The van der Waals surface area contributed by atoms with Gasteiger partial charge >= 0.3 is 0 Å². The number of carbonyl (C=O) groups excluding carboxylic acids is 1. The van der Waals surface area contributed by atoms with Crippen molar-refractivity contribution in [2.24, 2.45) is 0 Å². The van der Waals surface area contributed by atoms with Gasteiger partial charge in [-0.05, 0) is 81.6 Å². The molecule has 1 aliphatic rings. The van der Waals surface area contributed by atoms with E-state index in [-0.39, 0.29) is 23.8 Å². The molecule has 2 aromatic carbocycles. The monoisotopic (exact) mass is 455 g/mol. The summed E-state index contributed by atoms with van der Waals surface area (Å²) in [5.74, 6) is -0.0362. The van der Waals surface area contributed by atoms with Crippen LogP contribution in [0, 0.1) is 0 Å². The molecule has 0 spiro atoms. The van der Waals surface area contributed by atoms with E-state index >= 15 is 0 Å². The van der Waals surface area contributed by atoms with Crippen molar-refractivity contribution in [1.29, 1.82) is 0 Å². The minimum atomic E-state index is -0.775. The van der Waals surface area contributed by atoms with Gasteiger partial charge in [-0.2, -0.15) is 0 Å². The van der Waals surface area contributed by atoms with Gasteiger partial charge in [0.25, 0.3) is 5.91 Å². The van der Waals surface area contributed by atoms with Crippen LogP contribution in [0.4, 0.5) is 0 Å². The van der Waals surface area contributed by atoms with Gasteiger partial charge in [-0.25, -0.2) is 0 Å². The fourth-order valence-corrected chi connectivity index (χ4v) is 4.26. The van der Waals surface area contributed by atoms with Crippen LogP contribution in [0.3, 0.4) is 0 Å². The van der Waals surface area contributed by atoms with Crippen LogP contribution in [-0.4, -0.2) is 64.4 Å². The van der Waals surface area contributed by atoms with E-state index in [0.717, 1.165) is 25.2 Å². The van der Waals surface area contributed by atoms with Crippen molar-refractivity contribution in [2.75, 3.05) is 32.7 Å². The van der Waals surface area contributed by atoms with Crippen LogP contribution < -0.4 is 10.6 Å². The lowest BCUT2D eigenvalue weighted by Gasteiger charge is -2.28. The number of aromatic hydroxyl groups is 1. The SMILES string of the molecule is CC(C)(Cc1cccc(C(=O)NCCN2CCCC2)c1)NC[C@@H](O)c1ccc(O)c(CO)c1. The quantitative estimate of drug-likeness (QED) is 0.356. The molecule has 1 fully saturated rings. The number of aliphatic hydroxyl groups excluding tert-OH is 2. The highest BCUT2D eigenvalue weighted by Gasteiger charge is 2.21. The molecule has 1 saturated heterocycles. The lowest BCUT2D eigenvalue weighted by molar-refractivity contribution is 0.0949. The largest absolute Gasteiger partial charge is 0.508 e. The zero-order chi connectivity index (χ0) is 23.8. The molecule has 7 heteroatoms. The first-order valence-corrected chi connectivity index (χ1v) is 11.7. The maximum Gasteiger partial charge on any atom is 0.251 e. The van der Waals surface area contributed by atoms with Gasteiger partial charge in [-0.3, -0.25) is 4.79 Å². The van der Waals surface area contributed by atoms with E-state index in [1.54, 1.807) is 12.1 Å². The molecular formula is C26H37N3O4. The Labute approximate surface area is 196 Å². The molecule has 3 rings (SSSR count). The molecule has 33 heavy (non-hydrogen) atoms. The van der Waals surface area contributed by atoms with Crippen LogP contribution in [0.2, 0.25) is 0 Å². The van der Waals surface area contributed by atoms with Crippen molar-refractivity contribution < 1.29 is 20.1 Å². The number of nitrogens with one attached hydrogen (secondary N) is 2. The molecule has 0 aliphatic carbocycles. The van der Waals surface area contributed by atoms with Crippen LogP contribution in [-0.2, 0) is 13.0 Å². The Kier molecular flexibility index (Phi) is 8.86. The Morgan fingerprint density at radius 2 is 1.91 bits per heavy atom. The average molecular weight is 456 g/mol. The Balaban J connectivity index is 1.51. The van der Waals surface area contributed by atoms with Gasteiger partial charge in [0, 0.05) is 36.3 Å². The van der Waals surface area contributed by atoms with Crippen molar-refractivity contribution in [1.82, 2.24) is 15.5 Å². The second-order valence-corrected chi connectivity index (χ2v) is 9.51. The Morgan fingerprint density at radius 1 is 1.15 bits per heavy atom. The summed E-state index contributed by atoms with van der Waals surface area (Å²) >= 11 is 0. The highest BCUT2D eigenvalue weighted by Crippen LogP contribution is 2.23. The maximum atomic E-state index is 12.6. The molecule has 0 radical (unpaired) electrons. The number of rotatable bonds is 11. The third-order valence-electron chi connectivity index (χ3n) is 6.18. The summed E-state index contributed by atoms with van der Waals surface area (Å²) < 4.78 is 0. The van der Waals surface area contributed by atoms with Crippen molar-refractivity contribution in [3.8, 4) is 5.75 Å². The van der Waals surface area contributed by atoms with E-state index in [2.05, 4.69) is 29.4 Å². The highest BCUT2D eigenvalue weighted by molar-refractivity contribution is 5.94. The van der Waals surface area contributed by atoms with E-state index in [4.69, 9.17) is 0 Å². The molecule has 1 heterocycles. The summed E-state index contributed by atoms with van der Waals surface area (Å²) in [6, 6.07) is 12.4. The van der Waals surface area contributed by atoms with Gasteiger partial charge in [0.2, 0.25) is 0 Å². The van der Waals surface area contributed by atoms with E-state index in [0.29, 0.717) is 36.2 Å². The molecule has 2 aromatic rings. The lowest BCUT2D eigenvalue weighted by Crippen LogP contribution is -2.43. The number of benzene rings is 2. The second-order valence-electron chi connectivity index (χ2n) is 9.51. The molecule has 180 valence electrons. The molecule has 5 N–H and O–H groups in total. The molecule has 0 saturated carbocycles. The standard InChI is InChI=1S/C26H37N3O4/c1-26(2,28-17-24(32)20-8-9-23(31)22(15-20)18-30)16-19-6-5-7-21(14-19)25(33)27-10-13-29-11-3-4-12-29/h5-9,14-15,24,28,30-32H,3-4,10-13,16-18H2,1-2H3,(H,27,33)/t24-/m1/s1. The van der Waals surface area contributed by atoms with E-state index in [9.17, 15) is 20.1 Å². The van der Waals surface area contributed by atoms with E-state index in [1.807, 2.05) is 24.3 Å². The first-order valence-electron chi connectivity index (χ1n) is 11.7. The number of hydrogen-bond acceptors (Lipinski definition) is 6. The number of β-amino-alcohol motifs (C(OH)–C–C–N with tert-alkyl or cyclic N) is 1. The normalized spacial score (nSPS) is 15.5. The predicted molar refractivity (Wildman–Crippen MR) is 129 cm³/mol. The summed E-state index contributed by atoms with van der Waals surface area (Å²) in [6.07, 6.45) is 2.40. The van der Waals surface area contributed by atoms with E-state index < -0.39 is 6.10 Å². The number of hydrogen-bond donors (Lipinski definition) is 5. The molecule has 1 amide bonds. The van der Waals surface area contributed by atoms with Crippen LogP contribution in [0.15, 0.2) is 42.5 Å². The average Bonchev–Trinajstić information content (AvgIpc) is 3.31. The Bertz CT molecular complexity index is 926. The highest BCUT2D eigenvalue weighted by atomic mass is 16.3. The van der Waals surface area contributed by atoms with Crippen molar-refractivity contribution in [3.63, 3.8) is 0 Å². The second kappa shape index (κ2) is 11.6. The third-order valence-corrected chi connectivity index (χ3v) is 6.18. The predicted octanol–water partition coefficient (Wildman–Crippen LogP) is 2.35. The van der Waals surface area contributed by atoms with Gasteiger partial charge < -0.3 is 30.9 Å². The zero-order valence-corrected chi connectivity index (χ0v) is 19.7. The Hall–Kier alpha value is -2.45. The molecule has 1 aliphatic heterocycles. The Morgan fingerprint density at radius 3 is 2.64 bits per heavy atom. The smallest absolute Gasteiger partial charge is 0.251 e. The van der Waals surface area contributed by atoms with Gasteiger partial charge in [0.15, 0.2) is 0 Å². The number of phenols is 1. The number of nitrogens with zero attached hydrogens (tertiary/aromatic N) is 1. The lowest BCUT2D eigenvalue weighted by atomic mass is 9.93. The van der Waals surface area contributed by atoms with Crippen molar-refractivity contribution in [2.45, 2.75) is 51.4 Å². The summed E-state index contributed by atoms with van der Waals surface area (Å²) in [5, 5.41) is 36.0. The number of likely N-dealkylation sites (tertiary alicyclic amines) is 1. The van der Waals surface area contributed by atoms with Crippen LogP contribution in [0.5, 0.6) is 5.75 Å². The number of aliphatic hydroxyl groups is 2. The minimum absolute atomic E-state index is 0.0155. The fourth-order valence-electron chi connectivity index (χ4n) is 4.26. The summed E-state index contributed by atoms with van der Waals surface area (Å²) in [5.41, 5.74) is 2.41. The van der Waals surface area contributed by atoms with Crippen LogP contribution in [0.1, 0.15) is 59.8 Å². The zero-order valence-electron chi connectivity index (χ0n) is 19.7. The first kappa shape index (κ1) is 25.2. The number of carbonyl (C=O) groups is 1. The number of amides is 1. The fraction of sp³-hybridized carbons (Fsp3) is 0.500. The summed E-state index contributed by atoms with van der Waals surface area (Å²) in [4.78, 5) is 14.9.